The smallest absolute Gasteiger partial charge is 0.422 e. The molecule has 1 fully saturated rings. The van der Waals surface area contributed by atoms with Gasteiger partial charge in [0.1, 0.15) is 5.75 Å². The molecular formula is C18H21F3N4O. The Labute approximate surface area is 150 Å². The van der Waals surface area contributed by atoms with E-state index in [0.29, 0.717) is 12.6 Å². The molecule has 2 aromatic rings. The van der Waals surface area contributed by atoms with Crippen LogP contribution in [0, 0.1) is 0 Å². The molecule has 1 aliphatic rings. The first-order valence-corrected chi connectivity index (χ1v) is 8.54. The Balaban J connectivity index is 1.48. The van der Waals surface area contributed by atoms with Gasteiger partial charge in [-0.1, -0.05) is 12.1 Å². The van der Waals surface area contributed by atoms with Gasteiger partial charge in [-0.25, -0.2) is 0 Å². The molecule has 0 amide bonds. The van der Waals surface area contributed by atoms with Crippen molar-refractivity contribution in [2.45, 2.75) is 31.6 Å². The van der Waals surface area contributed by atoms with Gasteiger partial charge in [-0.2, -0.15) is 18.3 Å². The van der Waals surface area contributed by atoms with Crippen molar-refractivity contribution in [2.75, 3.05) is 24.6 Å². The van der Waals surface area contributed by atoms with E-state index in [0.717, 1.165) is 37.3 Å². The van der Waals surface area contributed by atoms with Gasteiger partial charge in [-0.05, 0) is 42.7 Å². The van der Waals surface area contributed by atoms with Gasteiger partial charge in [-0.15, -0.1) is 5.10 Å². The summed E-state index contributed by atoms with van der Waals surface area (Å²) in [5.74, 6) is 1.10. The van der Waals surface area contributed by atoms with Crippen LogP contribution < -0.4 is 15.0 Å². The van der Waals surface area contributed by atoms with Crippen molar-refractivity contribution < 1.29 is 17.9 Å². The maximum atomic E-state index is 12.2. The van der Waals surface area contributed by atoms with Crippen LogP contribution in [0.2, 0.25) is 0 Å². The van der Waals surface area contributed by atoms with Crippen LogP contribution >= 0.6 is 0 Å². The van der Waals surface area contributed by atoms with Crippen LogP contribution in [0.5, 0.6) is 5.75 Å². The van der Waals surface area contributed by atoms with E-state index in [2.05, 4.69) is 20.4 Å². The highest BCUT2D eigenvalue weighted by Gasteiger charge is 2.28. The molecule has 0 bridgehead atoms. The number of halogens is 3. The van der Waals surface area contributed by atoms with Crippen molar-refractivity contribution in [1.82, 2.24) is 15.5 Å². The summed E-state index contributed by atoms with van der Waals surface area (Å²) in [5.41, 5.74) is 1.00. The number of hydrogen-bond acceptors (Lipinski definition) is 5. The standard InChI is InChI=1S/C18H21F3N4O/c19-18(20,21)13-26-16-7-5-14(6-8-16)11-22-15-3-2-10-25(12-15)17-4-1-9-23-24-17/h1,4-9,15,22H,2-3,10-13H2. The van der Waals surface area contributed by atoms with Crippen LogP contribution in [0.4, 0.5) is 19.0 Å². The summed E-state index contributed by atoms with van der Waals surface area (Å²) in [6, 6.07) is 10.8. The van der Waals surface area contributed by atoms with E-state index in [1.165, 1.54) is 0 Å². The molecule has 1 N–H and O–H groups in total. The number of nitrogens with zero attached hydrogens (tertiary/aromatic N) is 3. The van der Waals surface area contributed by atoms with Crippen molar-refractivity contribution >= 4 is 5.82 Å². The first-order valence-electron chi connectivity index (χ1n) is 8.54. The average molecular weight is 366 g/mol. The molecule has 1 saturated heterocycles. The average Bonchev–Trinajstić information content (AvgIpc) is 2.66. The molecule has 0 saturated carbocycles. The van der Waals surface area contributed by atoms with Gasteiger partial charge < -0.3 is 15.0 Å². The van der Waals surface area contributed by atoms with Crippen LogP contribution in [-0.4, -0.2) is 42.1 Å². The Kier molecular flexibility index (Phi) is 5.92. The third kappa shape index (κ3) is 5.59. The lowest BCUT2D eigenvalue weighted by atomic mass is 10.1. The minimum Gasteiger partial charge on any atom is -0.484 e. The minimum atomic E-state index is -4.32. The third-order valence-electron chi connectivity index (χ3n) is 4.22. The van der Waals surface area contributed by atoms with Gasteiger partial charge in [0.25, 0.3) is 0 Å². The lowest BCUT2D eigenvalue weighted by Gasteiger charge is -2.33. The van der Waals surface area contributed by atoms with E-state index in [1.807, 2.05) is 12.1 Å². The third-order valence-corrected chi connectivity index (χ3v) is 4.22. The number of benzene rings is 1. The Morgan fingerprint density at radius 3 is 2.69 bits per heavy atom. The van der Waals surface area contributed by atoms with Crippen molar-refractivity contribution in [3.63, 3.8) is 0 Å². The quantitative estimate of drug-likeness (QED) is 0.851. The van der Waals surface area contributed by atoms with E-state index in [1.54, 1.807) is 30.5 Å². The molecule has 5 nitrogen and oxygen atoms in total. The van der Waals surface area contributed by atoms with Crippen LogP contribution in [0.15, 0.2) is 42.6 Å². The fourth-order valence-corrected chi connectivity index (χ4v) is 2.94. The van der Waals surface area contributed by atoms with Gasteiger partial charge in [-0.3, -0.25) is 0 Å². The second-order valence-electron chi connectivity index (χ2n) is 6.30. The zero-order valence-corrected chi connectivity index (χ0v) is 14.2. The number of ether oxygens (including phenoxy) is 1. The monoisotopic (exact) mass is 366 g/mol. The molecule has 1 atom stereocenters. The lowest BCUT2D eigenvalue weighted by Crippen LogP contribution is -2.45. The van der Waals surface area contributed by atoms with Crippen LogP contribution in [0.1, 0.15) is 18.4 Å². The minimum absolute atomic E-state index is 0.220. The number of nitrogens with one attached hydrogen (secondary N) is 1. The highest BCUT2D eigenvalue weighted by Crippen LogP contribution is 2.20. The summed E-state index contributed by atoms with van der Waals surface area (Å²) in [6.07, 6.45) is -0.524. The summed E-state index contributed by atoms with van der Waals surface area (Å²) in [5, 5.41) is 11.6. The number of rotatable bonds is 6. The molecule has 1 aromatic heterocycles. The first kappa shape index (κ1) is 18.4. The number of hydrogen-bond donors (Lipinski definition) is 1. The molecule has 3 rings (SSSR count). The zero-order valence-electron chi connectivity index (χ0n) is 14.2. The Morgan fingerprint density at radius 1 is 1.19 bits per heavy atom. The molecule has 0 spiro atoms. The van der Waals surface area contributed by atoms with Crippen molar-refractivity contribution in [2.24, 2.45) is 0 Å². The highest BCUT2D eigenvalue weighted by molar-refractivity contribution is 5.37. The Bertz CT molecular complexity index is 679. The molecule has 0 aliphatic carbocycles. The second-order valence-corrected chi connectivity index (χ2v) is 6.30. The summed E-state index contributed by atoms with van der Waals surface area (Å²) >= 11 is 0. The maximum Gasteiger partial charge on any atom is 0.422 e. The van der Waals surface area contributed by atoms with Crippen molar-refractivity contribution in [1.29, 1.82) is 0 Å². The number of aromatic nitrogens is 2. The lowest BCUT2D eigenvalue weighted by molar-refractivity contribution is -0.153. The molecule has 26 heavy (non-hydrogen) atoms. The molecule has 8 heteroatoms. The van der Waals surface area contributed by atoms with E-state index < -0.39 is 12.8 Å². The van der Waals surface area contributed by atoms with Crippen molar-refractivity contribution in [3.05, 3.63) is 48.2 Å². The molecule has 140 valence electrons. The number of alkyl halides is 3. The molecule has 1 aliphatic heterocycles. The predicted octanol–water partition coefficient (Wildman–Crippen LogP) is 3.18. The number of anilines is 1. The molecule has 2 heterocycles. The van der Waals surface area contributed by atoms with Crippen LogP contribution in [0.25, 0.3) is 0 Å². The molecule has 1 aromatic carbocycles. The van der Waals surface area contributed by atoms with Crippen LogP contribution in [-0.2, 0) is 6.54 Å². The van der Waals surface area contributed by atoms with E-state index in [9.17, 15) is 13.2 Å². The molecular weight excluding hydrogens is 345 g/mol. The fraction of sp³-hybridized carbons (Fsp3) is 0.444. The Morgan fingerprint density at radius 2 is 2.00 bits per heavy atom. The van der Waals surface area contributed by atoms with Gasteiger partial charge in [0.2, 0.25) is 0 Å². The summed E-state index contributed by atoms with van der Waals surface area (Å²) in [7, 11) is 0. The van der Waals surface area contributed by atoms with Crippen LogP contribution in [0.3, 0.4) is 0 Å². The zero-order chi connectivity index (χ0) is 18.4. The van der Waals surface area contributed by atoms with Gasteiger partial charge in [0.15, 0.2) is 12.4 Å². The fourth-order valence-electron chi connectivity index (χ4n) is 2.94. The summed E-state index contributed by atoms with van der Waals surface area (Å²) < 4.78 is 41.2. The van der Waals surface area contributed by atoms with E-state index in [-0.39, 0.29) is 5.75 Å². The van der Waals surface area contributed by atoms with Gasteiger partial charge in [0, 0.05) is 31.9 Å². The molecule has 0 radical (unpaired) electrons. The summed E-state index contributed by atoms with van der Waals surface area (Å²) in [6.45, 7) is 1.19. The van der Waals surface area contributed by atoms with Gasteiger partial charge >= 0.3 is 6.18 Å². The second kappa shape index (κ2) is 8.35. The normalized spacial score (nSPS) is 18.0. The van der Waals surface area contributed by atoms with Gasteiger partial charge in [0.05, 0.1) is 0 Å². The first-order chi connectivity index (χ1) is 12.5. The van der Waals surface area contributed by atoms with Crippen molar-refractivity contribution in [3.8, 4) is 5.75 Å². The topological polar surface area (TPSA) is 50.3 Å². The van der Waals surface area contributed by atoms with E-state index in [4.69, 9.17) is 4.74 Å². The summed E-state index contributed by atoms with van der Waals surface area (Å²) in [4.78, 5) is 2.21. The number of piperidine rings is 1. The maximum absolute atomic E-state index is 12.2. The van der Waals surface area contributed by atoms with E-state index >= 15 is 0 Å². The largest absolute Gasteiger partial charge is 0.484 e. The Hall–Kier alpha value is -2.35. The highest BCUT2D eigenvalue weighted by atomic mass is 19.4. The predicted molar refractivity (Wildman–Crippen MR) is 92.1 cm³/mol. The molecule has 1 unspecified atom stereocenters. The SMILES string of the molecule is FC(F)(F)COc1ccc(CNC2CCCN(c3cccnn3)C2)cc1.